The van der Waals surface area contributed by atoms with Gasteiger partial charge in [-0.1, -0.05) is 6.07 Å². The molecule has 0 bridgehead atoms. The van der Waals surface area contributed by atoms with Gasteiger partial charge in [0.25, 0.3) is 0 Å². The fourth-order valence-electron chi connectivity index (χ4n) is 0.785. The standard InChI is InChI=1S/C7H7F3N2.C2H2O4/c8-7(9,10)5-2-1-3-6(4-5)12-11;3-1(4)2(5)6/h1-4,12H,11H2;(H,3,4)(H,5,6). The summed E-state index contributed by atoms with van der Waals surface area (Å²) in [5, 5.41) is 14.8. The third-order valence-electron chi connectivity index (χ3n) is 1.54. The van der Waals surface area contributed by atoms with E-state index >= 15 is 0 Å². The van der Waals surface area contributed by atoms with E-state index in [4.69, 9.17) is 25.6 Å². The Morgan fingerprint density at radius 1 is 1.17 bits per heavy atom. The number of carbonyl (C=O) groups is 2. The Hall–Kier alpha value is -2.29. The maximum absolute atomic E-state index is 12.0. The molecule has 1 aromatic carbocycles. The molecule has 0 atom stereocenters. The first kappa shape index (κ1) is 15.7. The molecule has 1 rings (SSSR count). The molecule has 0 saturated carbocycles. The molecular formula is C9H9F3N2O4. The van der Waals surface area contributed by atoms with Gasteiger partial charge in [0.1, 0.15) is 0 Å². The van der Waals surface area contributed by atoms with E-state index in [1.807, 2.05) is 0 Å². The Labute approximate surface area is 98.8 Å². The largest absolute Gasteiger partial charge is 0.473 e. The highest BCUT2D eigenvalue weighted by Crippen LogP contribution is 2.30. The second-order valence-electron chi connectivity index (χ2n) is 2.83. The van der Waals surface area contributed by atoms with Gasteiger partial charge in [0.05, 0.1) is 5.56 Å². The van der Waals surface area contributed by atoms with E-state index < -0.39 is 23.7 Å². The van der Waals surface area contributed by atoms with Crippen LogP contribution in [0.4, 0.5) is 18.9 Å². The highest BCUT2D eigenvalue weighted by molar-refractivity contribution is 6.27. The summed E-state index contributed by atoms with van der Waals surface area (Å²) in [6.45, 7) is 0. The van der Waals surface area contributed by atoms with Gasteiger partial charge in [-0.3, -0.25) is 5.84 Å². The Bertz CT molecular complexity index is 422. The number of nitrogens with two attached hydrogens (primary N) is 1. The smallest absolute Gasteiger partial charge is 0.416 e. The third-order valence-corrected chi connectivity index (χ3v) is 1.54. The lowest BCUT2D eigenvalue weighted by molar-refractivity contribution is -0.159. The Morgan fingerprint density at radius 3 is 2.00 bits per heavy atom. The molecule has 100 valence electrons. The van der Waals surface area contributed by atoms with Crippen molar-refractivity contribution in [3.63, 3.8) is 0 Å². The van der Waals surface area contributed by atoms with Crippen LogP contribution in [0.15, 0.2) is 24.3 Å². The van der Waals surface area contributed by atoms with Crippen molar-refractivity contribution in [1.29, 1.82) is 0 Å². The molecule has 0 saturated heterocycles. The lowest BCUT2D eigenvalue weighted by Gasteiger charge is -2.07. The minimum Gasteiger partial charge on any atom is -0.473 e. The lowest BCUT2D eigenvalue weighted by Crippen LogP contribution is -2.09. The van der Waals surface area contributed by atoms with Gasteiger partial charge in [0.2, 0.25) is 0 Å². The van der Waals surface area contributed by atoms with E-state index in [-0.39, 0.29) is 5.69 Å². The van der Waals surface area contributed by atoms with Crippen LogP contribution >= 0.6 is 0 Å². The van der Waals surface area contributed by atoms with Crippen LogP contribution in [0.1, 0.15) is 5.56 Å². The molecule has 0 unspecified atom stereocenters. The number of aliphatic carboxylic acids is 2. The van der Waals surface area contributed by atoms with Gasteiger partial charge in [-0.05, 0) is 18.2 Å². The summed E-state index contributed by atoms with van der Waals surface area (Å²) in [5.41, 5.74) is 1.67. The number of carboxylic acid groups (broad SMARTS) is 2. The van der Waals surface area contributed by atoms with Gasteiger partial charge in [-0.15, -0.1) is 0 Å². The summed E-state index contributed by atoms with van der Waals surface area (Å²) in [6.07, 6.45) is -4.31. The molecule has 0 radical (unpaired) electrons. The van der Waals surface area contributed by atoms with Crippen LogP contribution in [-0.2, 0) is 15.8 Å². The summed E-state index contributed by atoms with van der Waals surface area (Å²) in [5.74, 6) is 1.30. The minimum atomic E-state index is -4.31. The molecule has 1 aromatic rings. The second kappa shape index (κ2) is 6.45. The zero-order valence-electron chi connectivity index (χ0n) is 8.73. The van der Waals surface area contributed by atoms with Crippen molar-refractivity contribution in [2.75, 3.05) is 5.43 Å². The molecule has 0 heterocycles. The quantitative estimate of drug-likeness (QED) is 0.344. The van der Waals surface area contributed by atoms with Crippen molar-refractivity contribution < 1.29 is 33.0 Å². The monoisotopic (exact) mass is 266 g/mol. The molecule has 0 aromatic heterocycles. The number of benzene rings is 1. The molecule has 0 amide bonds. The molecule has 0 spiro atoms. The molecule has 0 aliphatic heterocycles. The molecule has 9 heteroatoms. The number of alkyl halides is 3. The van der Waals surface area contributed by atoms with Gasteiger partial charge in [0, 0.05) is 5.69 Å². The maximum atomic E-state index is 12.0. The van der Waals surface area contributed by atoms with Crippen molar-refractivity contribution in [1.82, 2.24) is 0 Å². The number of hydrazine groups is 1. The van der Waals surface area contributed by atoms with Crippen molar-refractivity contribution in [3.8, 4) is 0 Å². The Kier molecular flexibility index (Phi) is 5.63. The minimum absolute atomic E-state index is 0.241. The van der Waals surface area contributed by atoms with Crippen molar-refractivity contribution >= 4 is 17.6 Å². The van der Waals surface area contributed by atoms with Gasteiger partial charge in [-0.2, -0.15) is 13.2 Å². The SMILES string of the molecule is NNc1cccc(C(F)(F)F)c1.O=C(O)C(=O)O. The highest BCUT2D eigenvalue weighted by Gasteiger charge is 2.30. The van der Waals surface area contributed by atoms with Crippen LogP contribution in [0.5, 0.6) is 0 Å². The third kappa shape index (κ3) is 5.70. The maximum Gasteiger partial charge on any atom is 0.416 e. The van der Waals surface area contributed by atoms with E-state index in [0.29, 0.717) is 0 Å². The lowest BCUT2D eigenvalue weighted by atomic mass is 10.2. The fourth-order valence-corrected chi connectivity index (χ4v) is 0.785. The predicted molar refractivity (Wildman–Crippen MR) is 54.5 cm³/mol. The number of nitrogen functional groups attached to an aromatic ring is 1. The van der Waals surface area contributed by atoms with Crippen LogP contribution in [0, 0.1) is 0 Å². The molecule has 0 aliphatic rings. The van der Waals surface area contributed by atoms with Gasteiger partial charge in [0.15, 0.2) is 0 Å². The first-order chi connectivity index (χ1) is 8.18. The Morgan fingerprint density at radius 2 is 1.67 bits per heavy atom. The summed E-state index contributed by atoms with van der Waals surface area (Å²) < 4.78 is 36.1. The molecule has 6 nitrogen and oxygen atoms in total. The first-order valence-corrected chi connectivity index (χ1v) is 4.28. The summed E-state index contributed by atoms with van der Waals surface area (Å²) in [6, 6.07) is 4.67. The second-order valence-corrected chi connectivity index (χ2v) is 2.83. The van der Waals surface area contributed by atoms with Crippen molar-refractivity contribution in [2.24, 2.45) is 5.84 Å². The number of nitrogens with one attached hydrogen (secondary N) is 1. The average Bonchev–Trinajstić information content (AvgIpc) is 2.28. The predicted octanol–water partition coefficient (Wildman–Crippen LogP) is 1.15. The van der Waals surface area contributed by atoms with E-state index in [0.717, 1.165) is 12.1 Å². The first-order valence-electron chi connectivity index (χ1n) is 4.28. The van der Waals surface area contributed by atoms with E-state index in [2.05, 4.69) is 5.43 Å². The summed E-state index contributed by atoms with van der Waals surface area (Å²) in [7, 11) is 0. The van der Waals surface area contributed by atoms with Gasteiger partial charge < -0.3 is 15.6 Å². The topological polar surface area (TPSA) is 113 Å². The van der Waals surface area contributed by atoms with Crippen molar-refractivity contribution in [2.45, 2.75) is 6.18 Å². The van der Waals surface area contributed by atoms with Gasteiger partial charge >= 0.3 is 18.1 Å². The highest BCUT2D eigenvalue weighted by atomic mass is 19.4. The molecule has 0 fully saturated rings. The van der Waals surface area contributed by atoms with Crippen LogP contribution in [0.25, 0.3) is 0 Å². The van der Waals surface area contributed by atoms with Gasteiger partial charge in [-0.25, -0.2) is 9.59 Å². The number of rotatable bonds is 1. The summed E-state index contributed by atoms with van der Waals surface area (Å²) >= 11 is 0. The number of hydrogen-bond donors (Lipinski definition) is 4. The average molecular weight is 266 g/mol. The molecule has 18 heavy (non-hydrogen) atoms. The number of halogens is 3. The van der Waals surface area contributed by atoms with Crippen LogP contribution < -0.4 is 11.3 Å². The number of anilines is 1. The molecular weight excluding hydrogens is 257 g/mol. The van der Waals surface area contributed by atoms with Crippen LogP contribution in [0.2, 0.25) is 0 Å². The van der Waals surface area contributed by atoms with E-state index in [1.165, 1.54) is 12.1 Å². The van der Waals surface area contributed by atoms with Crippen molar-refractivity contribution in [3.05, 3.63) is 29.8 Å². The zero-order valence-corrected chi connectivity index (χ0v) is 8.73. The number of hydrogen-bond acceptors (Lipinski definition) is 4. The van der Waals surface area contributed by atoms with Crippen LogP contribution in [0.3, 0.4) is 0 Å². The summed E-state index contributed by atoms with van der Waals surface area (Å²) in [4.78, 5) is 18.2. The molecule has 0 aliphatic carbocycles. The van der Waals surface area contributed by atoms with E-state index in [9.17, 15) is 13.2 Å². The van der Waals surface area contributed by atoms with E-state index in [1.54, 1.807) is 0 Å². The number of carboxylic acids is 2. The fraction of sp³-hybridized carbons (Fsp3) is 0.111. The zero-order chi connectivity index (χ0) is 14.3. The normalized spacial score (nSPS) is 10.0. The van der Waals surface area contributed by atoms with Crippen LogP contribution in [-0.4, -0.2) is 22.2 Å². The molecule has 5 N–H and O–H groups in total. The Balaban J connectivity index is 0.000000411.